The number of hydrogen-bond acceptors (Lipinski definition) is 0. The molecule has 282 valence electrons. The molecule has 0 saturated heterocycles. The summed E-state index contributed by atoms with van der Waals surface area (Å²) in [5.41, 5.74) is 13.6. The molecule has 1 unspecified atom stereocenters. The van der Waals surface area contributed by atoms with Gasteiger partial charge in [0.15, 0.2) is 0 Å². The van der Waals surface area contributed by atoms with E-state index in [1.807, 2.05) is 0 Å². The van der Waals surface area contributed by atoms with Crippen molar-refractivity contribution < 1.29 is 0 Å². The zero-order valence-corrected chi connectivity index (χ0v) is 35.4. The van der Waals surface area contributed by atoms with Crippen LogP contribution in [0.4, 0.5) is 0 Å². The lowest BCUT2D eigenvalue weighted by Gasteiger charge is -2.07. The van der Waals surface area contributed by atoms with E-state index in [4.69, 9.17) is 0 Å². The molecule has 0 heteroatoms. The van der Waals surface area contributed by atoms with Crippen molar-refractivity contribution in [3.8, 4) is 0 Å². The molecule has 0 aromatic carbocycles. The van der Waals surface area contributed by atoms with E-state index in [2.05, 4.69) is 150 Å². The topological polar surface area (TPSA) is 0 Å². The van der Waals surface area contributed by atoms with Gasteiger partial charge in [-0.1, -0.05) is 124 Å². The lowest BCUT2D eigenvalue weighted by molar-refractivity contribution is 0.708. The maximum atomic E-state index is 2.47. The van der Waals surface area contributed by atoms with Crippen LogP contribution in [-0.4, -0.2) is 0 Å². The minimum absolute atomic E-state index is 0.623. The maximum Gasteiger partial charge on any atom is -0.0225 e. The summed E-state index contributed by atoms with van der Waals surface area (Å²) in [5, 5.41) is 0. The molecule has 0 rings (SSSR count). The fraction of sp³-hybridized carbons (Fsp3) is 0.600. The molecule has 0 aromatic heterocycles. The van der Waals surface area contributed by atoms with E-state index in [1.54, 1.807) is 0 Å². The van der Waals surface area contributed by atoms with Crippen LogP contribution in [0.2, 0.25) is 0 Å². The van der Waals surface area contributed by atoms with Crippen LogP contribution in [0.1, 0.15) is 192 Å². The van der Waals surface area contributed by atoms with Crippen molar-refractivity contribution in [1.29, 1.82) is 0 Å². The first-order valence-corrected chi connectivity index (χ1v) is 20.3. The molecule has 0 aliphatic carbocycles. The van der Waals surface area contributed by atoms with E-state index < -0.39 is 0 Å². The molecule has 0 aliphatic rings. The fourth-order valence-electron chi connectivity index (χ4n) is 6.04. The Kier molecular flexibility index (Phi) is 29.5. The summed E-state index contributed by atoms with van der Waals surface area (Å²) < 4.78 is 0. The van der Waals surface area contributed by atoms with E-state index in [-0.39, 0.29) is 0 Å². The van der Waals surface area contributed by atoms with Crippen molar-refractivity contribution in [3.05, 3.63) is 117 Å². The highest BCUT2D eigenvalue weighted by atomic mass is 14.1. The standard InChI is InChI=1S/C50H82/c1-13-42(4)26-17-27-43(5)28-18-29-44(6)30-19-31-45(7)32-20-33-46(8)34-21-35-47(9)36-22-37-48(10)38-23-39-50(12)40-49(11)25-16-14-15-24-41(2)3/h13,16,24-25,27,29,31,33,35,37,39,49H,14-15,17-23,26,28,30,32,34,36,38,40H2,1-12H3. The van der Waals surface area contributed by atoms with Gasteiger partial charge in [0.05, 0.1) is 0 Å². The number of hydrogen-bond donors (Lipinski definition) is 0. The molecule has 0 amide bonds. The Morgan fingerprint density at radius 2 is 0.660 bits per heavy atom. The summed E-state index contributed by atoms with van der Waals surface area (Å²) in [7, 11) is 0. The molecule has 0 saturated carbocycles. The molecule has 0 fully saturated rings. The summed E-state index contributed by atoms with van der Waals surface area (Å²) in [5.74, 6) is 0.623. The molecule has 0 heterocycles. The van der Waals surface area contributed by atoms with Gasteiger partial charge in [-0.2, -0.15) is 0 Å². The van der Waals surface area contributed by atoms with Gasteiger partial charge in [0.1, 0.15) is 0 Å². The number of rotatable bonds is 27. The first kappa shape index (κ1) is 47.4. The van der Waals surface area contributed by atoms with E-state index in [0.29, 0.717) is 5.92 Å². The molecule has 0 N–H and O–H groups in total. The van der Waals surface area contributed by atoms with E-state index in [9.17, 15) is 0 Å². The Bertz CT molecular complexity index is 1220. The number of unbranched alkanes of at least 4 members (excludes halogenated alkanes) is 1. The molecule has 50 heavy (non-hydrogen) atoms. The highest BCUT2D eigenvalue weighted by Gasteiger charge is 2.00. The first-order valence-electron chi connectivity index (χ1n) is 20.3. The predicted molar refractivity (Wildman–Crippen MR) is 232 cm³/mol. The summed E-state index contributed by atoms with van der Waals surface area (Å²) in [4.78, 5) is 0. The maximum absolute atomic E-state index is 2.47. The zero-order valence-electron chi connectivity index (χ0n) is 35.4. The van der Waals surface area contributed by atoms with E-state index in [1.165, 1.54) is 121 Å². The van der Waals surface area contributed by atoms with Crippen LogP contribution in [0.5, 0.6) is 0 Å². The van der Waals surface area contributed by atoms with E-state index >= 15 is 0 Å². The smallest absolute Gasteiger partial charge is 0.0225 e. The van der Waals surface area contributed by atoms with Crippen LogP contribution < -0.4 is 0 Å². The fourth-order valence-corrected chi connectivity index (χ4v) is 6.04. The Labute approximate surface area is 314 Å². The zero-order chi connectivity index (χ0) is 37.6. The van der Waals surface area contributed by atoms with Crippen molar-refractivity contribution in [1.82, 2.24) is 0 Å². The van der Waals surface area contributed by atoms with E-state index in [0.717, 1.165) is 38.5 Å². The van der Waals surface area contributed by atoms with Crippen molar-refractivity contribution in [3.63, 3.8) is 0 Å². The van der Waals surface area contributed by atoms with Crippen LogP contribution in [0.3, 0.4) is 0 Å². The lowest BCUT2D eigenvalue weighted by Crippen LogP contribution is -1.91. The normalized spacial score (nSPS) is 15.4. The third-order valence-electron chi connectivity index (χ3n) is 9.71. The van der Waals surface area contributed by atoms with Crippen LogP contribution in [0, 0.1) is 5.92 Å². The average molecular weight is 683 g/mol. The summed E-state index contributed by atoms with van der Waals surface area (Å²) in [6.45, 7) is 27.2. The highest BCUT2D eigenvalue weighted by molar-refractivity contribution is 5.10. The van der Waals surface area contributed by atoms with Gasteiger partial charge >= 0.3 is 0 Å². The third kappa shape index (κ3) is 31.4. The van der Waals surface area contributed by atoms with Gasteiger partial charge in [-0.05, 0) is 191 Å². The monoisotopic (exact) mass is 683 g/mol. The predicted octanol–water partition coefficient (Wildman–Crippen LogP) is 17.4. The van der Waals surface area contributed by atoms with Gasteiger partial charge < -0.3 is 0 Å². The van der Waals surface area contributed by atoms with Gasteiger partial charge in [-0.15, -0.1) is 0 Å². The SMILES string of the molecule is CC=C(C)CCC=C(C)CCC=C(C)CCC=C(C)CCC=C(C)CCC=C(C)CCC=C(C)CCC=C(C)CC(C)C=CCCC=C(C)C. The number of allylic oxidation sites excluding steroid dienone is 20. The molecule has 0 radical (unpaired) electrons. The molecule has 0 bridgehead atoms. The summed E-state index contributed by atoms with van der Waals surface area (Å²) >= 11 is 0. The second-order valence-corrected chi connectivity index (χ2v) is 15.7. The summed E-state index contributed by atoms with van der Waals surface area (Å²) in [6.07, 6.45) is 46.4. The Morgan fingerprint density at radius 3 is 0.960 bits per heavy atom. The largest absolute Gasteiger partial charge is 0.0887 e. The van der Waals surface area contributed by atoms with Crippen molar-refractivity contribution in [2.75, 3.05) is 0 Å². The molecule has 0 aromatic rings. The Morgan fingerprint density at radius 1 is 0.360 bits per heavy atom. The molecule has 1 atom stereocenters. The minimum atomic E-state index is 0.623. The average Bonchev–Trinajstić information content (AvgIpc) is 3.04. The minimum Gasteiger partial charge on any atom is -0.0887 e. The summed E-state index contributed by atoms with van der Waals surface area (Å²) in [6, 6.07) is 0. The Balaban J connectivity index is 4.25. The van der Waals surface area contributed by atoms with Crippen molar-refractivity contribution in [2.45, 2.75) is 192 Å². The van der Waals surface area contributed by atoms with Gasteiger partial charge in [-0.25, -0.2) is 0 Å². The Hall–Kier alpha value is -2.60. The quantitative estimate of drug-likeness (QED) is 0.0597. The second-order valence-electron chi connectivity index (χ2n) is 15.7. The molecule has 0 nitrogen and oxygen atoms in total. The third-order valence-corrected chi connectivity index (χ3v) is 9.71. The van der Waals surface area contributed by atoms with Crippen LogP contribution >= 0.6 is 0 Å². The second kappa shape index (κ2) is 31.2. The molecule has 0 aliphatic heterocycles. The molecular formula is C50H82. The van der Waals surface area contributed by atoms with Crippen LogP contribution in [-0.2, 0) is 0 Å². The molecule has 0 spiro atoms. The van der Waals surface area contributed by atoms with Gasteiger partial charge in [0.25, 0.3) is 0 Å². The van der Waals surface area contributed by atoms with Gasteiger partial charge in [0, 0.05) is 0 Å². The van der Waals surface area contributed by atoms with Crippen LogP contribution in [0.25, 0.3) is 0 Å². The highest BCUT2D eigenvalue weighted by Crippen LogP contribution is 2.18. The van der Waals surface area contributed by atoms with Gasteiger partial charge in [0.2, 0.25) is 0 Å². The van der Waals surface area contributed by atoms with Crippen molar-refractivity contribution in [2.24, 2.45) is 5.92 Å². The van der Waals surface area contributed by atoms with Gasteiger partial charge in [-0.3, -0.25) is 0 Å². The first-order chi connectivity index (χ1) is 23.8. The van der Waals surface area contributed by atoms with Crippen LogP contribution in [0.15, 0.2) is 117 Å². The van der Waals surface area contributed by atoms with Crippen molar-refractivity contribution >= 4 is 0 Å². The lowest BCUT2D eigenvalue weighted by atomic mass is 9.99. The molecular weight excluding hydrogens is 601 g/mol.